The van der Waals surface area contributed by atoms with Crippen LogP contribution in [0.3, 0.4) is 0 Å². The van der Waals surface area contributed by atoms with E-state index in [2.05, 4.69) is 9.97 Å². The number of thiophene rings is 1. The fraction of sp³-hybridized carbons (Fsp3) is 0.231. The molecule has 0 bridgehead atoms. The zero-order valence-corrected chi connectivity index (χ0v) is 15.6. The molecule has 0 atom stereocenters. The summed E-state index contributed by atoms with van der Waals surface area (Å²) in [6, 6.07) is 5.30. The van der Waals surface area contributed by atoms with E-state index in [0.717, 1.165) is 16.1 Å². The third-order valence-corrected chi connectivity index (χ3v) is 6.02. The highest BCUT2D eigenvalue weighted by atomic mass is 32.2. The number of amides is 1. The molecule has 25 heavy (non-hydrogen) atoms. The molecule has 0 saturated carbocycles. The third kappa shape index (κ3) is 4.67. The predicted molar refractivity (Wildman–Crippen MR) is 94.4 cm³/mol. The first kappa shape index (κ1) is 19.1. The summed E-state index contributed by atoms with van der Waals surface area (Å²) in [5, 5.41) is 11.0. The van der Waals surface area contributed by atoms with Crippen molar-refractivity contribution in [3.05, 3.63) is 33.4 Å². The van der Waals surface area contributed by atoms with Gasteiger partial charge in [-0.05, 0) is 11.4 Å². The Balaban J connectivity index is 2.20. The van der Waals surface area contributed by atoms with E-state index < -0.39 is 21.7 Å². The van der Waals surface area contributed by atoms with Gasteiger partial charge in [-0.1, -0.05) is 17.8 Å². The van der Waals surface area contributed by atoms with Crippen LogP contribution in [0.25, 0.3) is 10.6 Å². The average molecular weight is 399 g/mol. The fourth-order valence-electron chi connectivity index (χ4n) is 1.61. The summed E-state index contributed by atoms with van der Waals surface area (Å²) in [6.07, 6.45) is 0. The van der Waals surface area contributed by atoms with Gasteiger partial charge in [0, 0.05) is 14.1 Å². The number of rotatable bonds is 6. The molecule has 0 radical (unpaired) electrons. The molecule has 0 fully saturated rings. The molecule has 2 aromatic heterocycles. The molecule has 2 aromatic rings. The zero-order chi connectivity index (χ0) is 18.6. The lowest BCUT2D eigenvalue weighted by Gasteiger charge is -2.11. The molecule has 0 unspecified atom stereocenters. The topological polar surface area (TPSA) is 136 Å². The third-order valence-electron chi connectivity index (χ3n) is 2.83. The van der Waals surface area contributed by atoms with E-state index in [1.165, 1.54) is 25.4 Å². The molecule has 2 heterocycles. The second-order valence-corrected chi connectivity index (χ2v) is 8.58. The minimum absolute atomic E-state index is 0.116. The Bertz CT molecular complexity index is 974. The fourth-order valence-corrected chi connectivity index (χ4v) is 3.63. The van der Waals surface area contributed by atoms with Crippen LogP contribution < -0.4 is 10.3 Å². The van der Waals surface area contributed by atoms with Crippen molar-refractivity contribution in [2.45, 2.75) is 5.16 Å². The molecule has 1 amide bonds. The number of nitrogens with zero attached hydrogens (tertiary/aromatic N) is 3. The van der Waals surface area contributed by atoms with Gasteiger partial charge in [-0.15, -0.1) is 11.3 Å². The van der Waals surface area contributed by atoms with Crippen LogP contribution in [0.5, 0.6) is 0 Å². The van der Waals surface area contributed by atoms with Crippen molar-refractivity contribution >= 4 is 39.2 Å². The van der Waals surface area contributed by atoms with E-state index in [9.17, 15) is 18.0 Å². The number of thioether (sulfide) groups is 1. The Morgan fingerprint density at radius 2 is 2.24 bits per heavy atom. The Labute approximate surface area is 151 Å². The lowest BCUT2D eigenvalue weighted by molar-refractivity contribution is -0.116. The van der Waals surface area contributed by atoms with Crippen LogP contribution in [0.1, 0.15) is 5.56 Å². The molecule has 0 aromatic carbocycles. The van der Waals surface area contributed by atoms with E-state index in [0.29, 0.717) is 4.88 Å². The maximum absolute atomic E-state index is 12.0. The van der Waals surface area contributed by atoms with Crippen LogP contribution in [0.15, 0.2) is 27.5 Å². The molecule has 12 heteroatoms. The first-order valence-electron chi connectivity index (χ1n) is 6.69. The Kier molecular flexibility index (Phi) is 5.96. The van der Waals surface area contributed by atoms with Gasteiger partial charge in [0.1, 0.15) is 17.3 Å². The van der Waals surface area contributed by atoms with Gasteiger partial charge in [0.15, 0.2) is 5.16 Å². The number of nitriles is 1. The van der Waals surface area contributed by atoms with Crippen molar-refractivity contribution < 1.29 is 13.2 Å². The van der Waals surface area contributed by atoms with E-state index >= 15 is 0 Å². The maximum Gasteiger partial charge on any atom is 0.303 e. The number of carbonyl (C=O) groups is 1. The van der Waals surface area contributed by atoms with Crippen molar-refractivity contribution in [3.8, 4) is 16.6 Å². The van der Waals surface area contributed by atoms with Crippen LogP contribution in [0, 0.1) is 11.3 Å². The standard InChI is InChI=1S/C13H13N5O4S3/c1-18(2)25(21,22)17-10(19)7-24-13-15-11(9-4-3-5-23-9)8(6-14)12(20)16-13/h3-5H,7H2,1-2H3,(H,17,19)(H,15,16,20). The normalized spacial score (nSPS) is 11.3. The molecule has 0 saturated heterocycles. The van der Waals surface area contributed by atoms with Gasteiger partial charge in [-0.2, -0.15) is 18.0 Å². The van der Waals surface area contributed by atoms with Crippen molar-refractivity contribution in [1.29, 1.82) is 5.26 Å². The van der Waals surface area contributed by atoms with Gasteiger partial charge < -0.3 is 4.98 Å². The van der Waals surface area contributed by atoms with Gasteiger partial charge in [0.05, 0.1) is 10.6 Å². The van der Waals surface area contributed by atoms with E-state index in [1.807, 2.05) is 10.8 Å². The Hall–Kier alpha value is -2.20. The van der Waals surface area contributed by atoms with Crippen LogP contribution in [0.4, 0.5) is 0 Å². The van der Waals surface area contributed by atoms with E-state index in [1.54, 1.807) is 17.5 Å². The minimum Gasteiger partial charge on any atom is -0.300 e. The van der Waals surface area contributed by atoms with Crippen LogP contribution in [0.2, 0.25) is 0 Å². The number of carbonyl (C=O) groups excluding carboxylic acids is 1. The summed E-state index contributed by atoms with van der Waals surface area (Å²) in [6.45, 7) is 0. The second-order valence-electron chi connectivity index (χ2n) is 4.79. The highest BCUT2D eigenvalue weighted by Gasteiger charge is 2.18. The smallest absolute Gasteiger partial charge is 0.300 e. The van der Waals surface area contributed by atoms with Crippen molar-refractivity contribution in [1.82, 2.24) is 19.0 Å². The summed E-state index contributed by atoms with van der Waals surface area (Å²) in [7, 11) is -1.30. The van der Waals surface area contributed by atoms with Gasteiger partial charge in [-0.25, -0.2) is 9.71 Å². The molecule has 9 nitrogen and oxygen atoms in total. The lowest BCUT2D eigenvalue weighted by atomic mass is 10.2. The molecule has 132 valence electrons. The number of hydrogen-bond donors (Lipinski definition) is 2. The highest BCUT2D eigenvalue weighted by Crippen LogP contribution is 2.25. The van der Waals surface area contributed by atoms with Crippen LogP contribution >= 0.6 is 23.1 Å². The quantitative estimate of drug-likeness (QED) is 0.529. The summed E-state index contributed by atoms with van der Waals surface area (Å²) in [4.78, 5) is 31.0. The molecule has 0 aliphatic rings. The van der Waals surface area contributed by atoms with Crippen molar-refractivity contribution in [2.75, 3.05) is 19.8 Å². The summed E-state index contributed by atoms with van der Waals surface area (Å²) < 4.78 is 25.9. The molecule has 2 rings (SSSR count). The first-order valence-corrected chi connectivity index (χ1v) is 9.99. The SMILES string of the molecule is CN(C)S(=O)(=O)NC(=O)CSc1nc(-c2cccs2)c(C#N)c(=O)[nH]1. The van der Waals surface area contributed by atoms with Gasteiger partial charge in [0.25, 0.3) is 5.56 Å². The van der Waals surface area contributed by atoms with Crippen LogP contribution in [-0.4, -0.2) is 48.4 Å². The van der Waals surface area contributed by atoms with Crippen molar-refractivity contribution in [3.63, 3.8) is 0 Å². The van der Waals surface area contributed by atoms with Crippen molar-refractivity contribution in [2.24, 2.45) is 0 Å². The largest absolute Gasteiger partial charge is 0.303 e. The van der Waals surface area contributed by atoms with Gasteiger partial charge in [-0.3, -0.25) is 9.59 Å². The summed E-state index contributed by atoms with van der Waals surface area (Å²) in [5.41, 5.74) is -0.513. The first-order chi connectivity index (χ1) is 11.7. The monoisotopic (exact) mass is 399 g/mol. The van der Waals surface area contributed by atoms with E-state index in [4.69, 9.17) is 5.26 Å². The summed E-state index contributed by atoms with van der Waals surface area (Å²) >= 11 is 2.18. The van der Waals surface area contributed by atoms with Gasteiger partial charge in [0.2, 0.25) is 5.91 Å². The maximum atomic E-state index is 12.0. The lowest BCUT2D eigenvalue weighted by Crippen LogP contribution is -2.40. The Morgan fingerprint density at radius 1 is 1.52 bits per heavy atom. The molecule has 2 N–H and O–H groups in total. The number of aromatic nitrogens is 2. The molecule has 0 spiro atoms. The molecular formula is C13H13N5O4S3. The number of nitrogens with one attached hydrogen (secondary N) is 2. The average Bonchev–Trinajstić information content (AvgIpc) is 3.06. The number of hydrogen-bond acceptors (Lipinski definition) is 8. The molecule has 0 aliphatic heterocycles. The zero-order valence-electron chi connectivity index (χ0n) is 13.1. The highest BCUT2D eigenvalue weighted by molar-refractivity contribution is 7.99. The van der Waals surface area contributed by atoms with Gasteiger partial charge >= 0.3 is 10.2 Å². The Morgan fingerprint density at radius 3 is 2.80 bits per heavy atom. The predicted octanol–water partition coefficient (Wildman–Crippen LogP) is 0.385. The molecular weight excluding hydrogens is 386 g/mol. The molecule has 0 aliphatic carbocycles. The number of H-pyrrole nitrogens is 1. The minimum atomic E-state index is -3.88. The van der Waals surface area contributed by atoms with Crippen LogP contribution in [-0.2, 0) is 15.0 Å². The summed E-state index contributed by atoms with van der Waals surface area (Å²) in [5.74, 6) is -1.03. The van der Waals surface area contributed by atoms with E-state index in [-0.39, 0.29) is 22.2 Å². The number of aromatic amines is 1. The second kappa shape index (κ2) is 7.79.